The van der Waals surface area contributed by atoms with Crippen molar-refractivity contribution in [2.45, 2.75) is 45.2 Å². The molecule has 156 valence electrons. The summed E-state index contributed by atoms with van der Waals surface area (Å²) >= 11 is 6.22. The van der Waals surface area contributed by atoms with Crippen molar-refractivity contribution in [3.8, 4) is 0 Å². The molecule has 1 amide bonds. The standard InChI is InChI=1S/C21H34ClN5O/c1-4-25-12-14-26(15-13-25)16-21(7-10-27(11-8-21)17(2)3)24-20(28)19-18(22)6-5-9-23-19/h5-6,9,17H,4,7-8,10-16H2,1-3H3,(H,24,28). The molecule has 2 aliphatic rings. The summed E-state index contributed by atoms with van der Waals surface area (Å²) in [6, 6.07) is 4.01. The van der Waals surface area contributed by atoms with Crippen LogP contribution in [0.2, 0.25) is 5.02 Å². The lowest BCUT2D eigenvalue weighted by Crippen LogP contribution is -2.63. The molecule has 1 N–H and O–H groups in total. The molecule has 2 aliphatic heterocycles. The van der Waals surface area contributed by atoms with Gasteiger partial charge in [0.2, 0.25) is 0 Å². The SMILES string of the molecule is CCN1CCN(CC2(NC(=O)c3ncccc3Cl)CCN(C(C)C)CC2)CC1. The molecule has 1 aromatic rings. The van der Waals surface area contributed by atoms with E-state index in [1.165, 1.54) is 0 Å². The van der Waals surface area contributed by atoms with E-state index in [0.29, 0.717) is 16.8 Å². The molecule has 0 aromatic carbocycles. The first-order valence-electron chi connectivity index (χ1n) is 10.5. The van der Waals surface area contributed by atoms with Crippen LogP contribution in [0, 0.1) is 0 Å². The normalized spacial score (nSPS) is 21.8. The minimum absolute atomic E-state index is 0.157. The lowest BCUT2D eigenvalue weighted by atomic mass is 9.85. The molecule has 0 saturated carbocycles. The number of likely N-dealkylation sites (N-methyl/N-ethyl adjacent to an activating group) is 1. The van der Waals surface area contributed by atoms with Gasteiger partial charge in [0, 0.05) is 58.1 Å². The first-order chi connectivity index (χ1) is 13.4. The Labute approximate surface area is 174 Å². The Morgan fingerprint density at radius 1 is 1.18 bits per heavy atom. The van der Waals surface area contributed by atoms with Gasteiger partial charge in [-0.1, -0.05) is 18.5 Å². The van der Waals surface area contributed by atoms with Crippen LogP contribution >= 0.6 is 11.6 Å². The lowest BCUT2D eigenvalue weighted by Gasteiger charge is -2.47. The van der Waals surface area contributed by atoms with E-state index in [9.17, 15) is 4.79 Å². The molecule has 0 spiro atoms. The number of piperazine rings is 1. The molecular weight excluding hydrogens is 374 g/mol. The maximum Gasteiger partial charge on any atom is 0.271 e. The van der Waals surface area contributed by atoms with E-state index < -0.39 is 0 Å². The zero-order valence-electron chi connectivity index (χ0n) is 17.5. The van der Waals surface area contributed by atoms with E-state index in [2.05, 4.69) is 45.8 Å². The van der Waals surface area contributed by atoms with Gasteiger partial charge in [0.15, 0.2) is 0 Å². The van der Waals surface area contributed by atoms with Gasteiger partial charge in [-0.15, -0.1) is 0 Å². The Morgan fingerprint density at radius 2 is 1.82 bits per heavy atom. The summed E-state index contributed by atoms with van der Waals surface area (Å²) in [7, 11) is 0. The fourth-order valence-corrected chi connectivity index (χ4v) is 4.54. The van der Waals surface area contributed by atoms with Gasteiger partial charge in [-0.05, 0) is 45.4 Å². The zero-order chi connectivity index (χ0) is 20.1. The number of pyridine rings is 1. The highest BCUT2D eigenvalue weighted by atomic mass is 35.5. The Bertz CT molecular complexity index is 652. The van der Waals surface area contributed by atoms with Crippen molar-refractivity contribution >= 4 is 17.5 Å². The predicted octanol–water partition coefficient (Wildman–Crippen LogP) is 2.35. The van der Waals surface area contributed by atoms with Crippen molar-refractivity contribution in [3.05, 3.63) is 29.0 Å². The Kier molecular flexibility index (Phi) is 7.31. The van der Waals surface area contributed by atoms with Crippen LogP contribution in [-0.4, -0.2) is 89.5 Å². The Balaban J connectivity index is 1.72. The first kappa shape index (κ1) is 21.5. The molecule has 2 fully saturated rings. The van der Waals surface area contributed by atoms with Crippen LogP contribution in [0.1, 0.15) is 44.1 Å². The van der Waals surface area contributed by atoms with Crippen molar-refractivity contribution in [3.63, 3.8) is 0 Å². The molecule has 1 aromatic heterocycles. The quantitative estimate of drug-likeness (QED) is 0.784. The highest BCUT2D eigenvalue weighted by molar-refractivity contribution is 6.33. The smallest absolute Gasteiger partial charge is 0.271 e. The third kappa shape index (κ3) is 5.23. The third-order valence-corrected chi connectivity index (χ3v) is 6.58. The van der Waals surface area contributed by atoms with Gasteiger partial charge < -0.3 is 15.1 Å². The molecular formula is C21H34ClN5O. The molecule has 6 nitrogen and oxygen atoms in total. The van der Waals surface area contributed by atoms with Gasteiger partial charge in [-0.2, -0.15) is 0 Å². The summed E-state index contributed by atoms with van der Waals surface area (Å²) in [6.45, 7) is 15.0. The number of amides is 1. The summed E-state index contributed by atoms with van der Waals surface area (Å²) < 4.78 is 0. The zero-order valence-corrected chi connectivity index (χ0v) is 18.2. The number of carbonyl (C=O) groups is 1. The average Bonchev–Trinajstić information content (AvgIpc) is 2.69. The van der Waals surface area contributed by atoms with Crippen molar-refractivity contribution < 1.29 is 4.79 Å². The summed E-state index contributed by atoms with van der Waals surface area (Å²) in [6.07, 6.45) is 3.53. The molecule has 3 heterocycles. The molecule has 0 unspecified atom stereocenters. The maximum absolute atomic E-state index is 13.0. The number of aromatic nitrogens is 1. The second kappa shape index (κ2) is 9.53. The number of halogens is 1. The van der Waals surface area contributed by atoms with Crippen molar-refractivity contribution in [1.82, 2.24) is 25.0 Å². The predicted molar refractivity (Wildman–Crippen MR) is 114 cm³/mol. The van der Waals surface area contributed by atoms with Crippen LogP contribution in [0.5, 0.6) is 0 Å². The second-order valence-electron chi connectivity index (χ2n) is 8.41. The van der Waals surface area contributed by atoms with E-state index in [-0.39, 0.29) is 11.4 Å². The Morgan fingerprint density at radius 3 is 2.39 bits per heavy atom. The summed E-state index contributed by atoms with van der Waals surface area (Å²) in [5.74, 6) is -0.157. The van der Waals surface area contributed by atoms with E-state index >= 15 is 0 Å². The van der Waals surface area contributed by atoms with Crippen molar-refractivity contribution in [2.75, 3.05) is 52.4 Å². The van der Waals surface area contributed by atoms with Gasteiger partial charge >= 0.3 is 0 Å². The van der Waals surface area contributed by atoms with Gasteiger partial charge in [0.1, 0.15) is 5.69 Å². The molecule has 0 aliphatic carbocycles. The maximum atomic E-state index is 13.0. The van der Waals surface area contributed by atoms with Crippen LogP contribution in [0.4, 0.5) is 0 Å². The third-order valence-electron chi connectivity index (χ3n) is 6.28. The van der Waals surface area contributed by atoms with Crippen LogP contribution in [0.25, 0.3) is 0 Å². The number of carbonyl (C=O) groups excluding carboxylic acids is 1. The minimum atomic E-state index is -0.224. The minimum Gasteiger partial charge on any atom is -0.344 e. The van der Waals surface area contributed by atoms with Crippen LogP contribution < -0.4 is 5.32 Å². The van der Waals surface area contributed by atoms with E-state index in [0.717, 1.165) is 65.2 Å². The number of nitrogens with zero attached hydrogens (tertiary/aromatic N) is 4. The molecule has 3 rings (SSSR count). The van der Waals surface area contributed by atoms with Gasteiger partial charge in [-0.3, -0.25) is 9.69 Å². The number of hydrogen-bond donors (Lipinski definition) is 1. The number of nitrogens with one attached hydrogen (secondary N) is 1. The molecule has 2 saturated heterocycles. The number of rotatable bonds is 6. The topological polar surface area (TPSA) is 51.7 Å². The molecule has 7 heteroatoms. The second-order valence-corrected chi connectivity index (χ2v) is 8.82. The molecule has 0 bridgehead atoms. The largest absolute Gasteiger partial charge is 0.344 e. The first-order valence-corrected chi connectivity index (χ1v) is 10.9. The number of hydrogen-bond acceptors (Lipinski definition) is 5. The number of likely N-dealkylation sites (tertiary alicyclic amines) is 1. The fourth-order valence-electron chi connectivity index (χ4n) is 4.34. The summed E-state index contributed by atoms with van der Waals surface area (Å²) in [4.78, 5) is 24.7. The van der Waals surface area contributed by atoms with Crippen LogP contribution in [0.3, 0.4) is 0 Å². The van der Waals surface area contributed by atoms with E-state index in [1.54, 1.807) is 18.3 Å². The van der Waals surface area contributed by atoms with E-state index in [4.69, 9.17) is 11.6 Å². The number of piperidine rings is 1. The molecule has 0 atom stereocenters. The van der Waals surface area contributed by atoms with E-state index in [1.807, 2.05) is 0 Å². The molecule has 0 radical (unpaired) electrons. The summed E-state index contributed by atoms with van der Waals surface area (Å²) in [5, 5.41) is 3.76. The van der Waals surface area contributed by atoms with Gasteiger partial charge in [-0.25, -0.2) is 4.98 Å². The lowest BCUT2D eigenvalue weighted by molar-refractivity contribution is 0.0501. The van der Waals surface area contributed by atoms with Crippen molar-refractivity contribution in [1.29, 1.82) is 0 Å². The Hall–Kier alpha value is -1.21. The highest BCUT2D eigenvalue weighted by Gasteiger charge is 2.39. The van der Waals surface area contributed by atoms with Crippen LogP contribution in [0.15, 0.2) is 18.3 Å². The fraction of sp³-hybridized carbons (Fsp3) is 0.714. The highest BCUT2D eigenvalue weighted by Crippen LogP contribution is 2.26. The van der Waals surface area contributed by atoms with Crippen LogP contribution in [-0.2, 0) is 0 Å². The van der Waals surface area contributed by atoms with Crippen molar-refractivity contribution in [2.24, 2.45) is 0 Å². The summed E-state index contributed by atoms with van der Waals surface area (Å²) in [5.41, 5.74) is 0.100. The monoisotopic (exact) mass is 407 g/mol. The average molecular weight is 408 g/mol. The molecule has 28 heavy (non-hydrogen) atoms. The van der Waals surface area contributed by atoms with Gasteiger partial charge in [0.25, 0.3) is 5.91 Å². The van der Waals surface area contributed by atoms with Gasteiger partial charge in [0.05, 0.1) is 10.6 Å².